The summed E-state index contributed by atoms with van der Waals surface area (Å²) < 4.78 is 0. The predicted octanol–water partition coefficient (Wildman–Crippen LogP) is 3.63. The van der Waals surface area contributed by atoms with Crippen LogP contribution in [0.4, 0.5) is 5.69 Å². The lowest BCUT2D eigenvalue weighted by Crippen LogP contribution is -2.47. The summed E-state index contributed by atoms with van der Waals surface area (Å²) in [7, 11) is 0. The van der Waals surface area contributed by atoms with Crippen molar-refractivity contribution in [1.82, 2.24) is 10.6 Å². The Morgan fingerprint density at radius 2 is 2.09 bits per heavy atom. The van der Waals surface area contributed by atoms with Gasteiger partial charge in [0.2, 0.25) is 5.91 Å². The van der Waals surface area contributed by atoms with Gasteiger partial charge in [0, 0.05) is 16.8 Å². The normalized spacial score (nSPS) is 20.7. The number of halogens is 1. The maximum atomic E-state index is 12.0. The van der Waals surface area contributed by atoms with Crippen LogP contribution in [0.15, 0.2) is 18.2 Å². The molecule has 1 aliphatic carbocycles. The molecule has 0 spiro atoms. The van der Waals surface area contributed by atoms with Crippen LogP contribution < -0.4 is 16.0 Å². The molecule has 1 amide bonds. The van der Waals surface area contributed by atoms with Crippen LogP contribution in [-0.2, 0) is 4.79 Å². The molecule has 0 aliphatic heterocycles. The Hall–Kier alpha value is -1.33. The molecule has 0 heterocycles. The monoisotopic (exact) mass is 353 g/mol. The van der Waals surface area contributed by atoms with Crippen molar-refractivity contribution in [2.75, 3.05) is 11.9 Å². The zero-order valence-corrected chi connectivity index (χ0v) is 15.2. The molecular formula is C17H24ClN3OS. The molecule has 0 bridgehead atoms. The van der Waals surface area contributed by atoms with Gasteiger partial charge >= 0.3 is 0 Å². The quantitative estimate of drug-likeness (QED) is 0.723. The van der Waals surface area contributed by atoms with Gasteiger partial charge in [-0.15, -0.1) is 0 Å². The van der Waals surface area contributed by atoms with E-state index in [0.717, 1.165) is 17.7 Å². The van der Waals surface area contributed by atoms with E-state index >= 15 is 0 Å². The first kappa shape index (κ1) is 18.0. The first-order valence-electron chi connectivity index (χ1n) is 8.06. The molecule has 2 rings (SSSR count). The van der Waals surface area contributed by atoms with Gasteiger partial charge in [-0.1, -0.05) is 37.4 Å². The van der Waals surface area contributed by atoms with Crippen LogP contribution in [-0.4, -0.2) is 23.6 Å². The van der Waals surface area contributed by atoms with E-state index in [9.17, 15) is 4.79 Å². The summed E-state index contributed by atoms with van der Waals surface area (Å²) in [5.74, 6) is 0.475. The lowest BCUT2D eigenvalue weighted by molar-refractivity contribution is -0.115. The predicted molar refractivity (Wildman–Crippen MR) is 100.0 cm³/mol. The maximum absolute atomic E-state index is 12.0. The molecule has 126 valence electrons. The molecule has 1 saturated carbocycles. The van der Waals surface area contributed by atoms with E-state index in [1.807, 2.05) is 19.1 Å². The van der Waals surface area contributed by atoms with E-state index in [2.05, 4.69) is 22.9 Å². The second kappa shape index (κ2) is 8.50. The number of hydrogen-bond donors (Lipinski definition) is 3. The summed E-state index contributed by atoms with van der Waals surface area (Å²) in [5, 5.41) is 10.3. The number of thiocarbonyl (C=S) groups is 1. The van der Waals surface area contributed by atoms with Crippen LogP contribution in [0.5, 0.6) is 0 Å². The van der Waals surface area contributed by atoms with Crippen LogP contribution in [0, 0.1) is 12.8 Å². The topological polar surface area (TPSA) is 53.2 Å². The molecule has 6 heteroatoms. The van der Waals surface area contributed by atoms with Gasteiger partial charge in [0.15, 0.2) is 5.11 Å². The lowest BCUT2D eigenvalue weighted by atomic mass is 9.86. The molecule has 3 N–H and O–H groups in total. The summed E-state index contributed by atoms with van der Waals surface area (Å²) in [6.07, 6.45) is 4.89. The molecule has 0 aromatic heterocycles. The summed E-state index contributed by atoms with van der Waals surface area (Å²) in [5.41, 5.74) is 1.59. The third-order valence-corrected chi connectivity index (χ3v) is 5.05. The second-order valence-corrected chi connectivity index (χ2v) is 6.97. The van der Waals surface area contributed by atoms with Gasteiger partial charge < -0.3 is 16.0 Å². The molecule has 23 heavy (non-hydrogen) atoms. The Labute approximate surface area is 148 Å². The Bertz CT molecular complexity index is 579. The van der Waals surface area contributed by atoms with Crippen LogP contribution in [0.2, 0.25) is 5.02 Å². The lowest BCUT2D eigenvalue weighted by Gasteiger charge is -2.30. The minimum Gasteiger partial charge on any atom is -0.360 e. The highest BCUT2D eigenvalue weighted by Gasteiger charge is 2.21. The van der Waals surface area contributed by atoms with E-state index < -0.39 is 0 Å². The molecule has 1 aliphatic rings. The number of carbonyl (C=O) groups excluding carboxylic acids is 1. The van der Waals surface area contributed by atoms with E-state index in [0.29, 0.717) is 22.1 Å². The number of rotatable bonds is 4. The molecular weight excluding hydrogens is 330 g/mol. The van der Waals surface area contributed by atoms with Gasteiger partial charge in [-0.3, -0.25) is 4.79 Å². The Morgan fingerprint density at radius 1 is 1.35 bits per heavy atom. The van der Waals surface area contributed by atoms with Crippen LogP contribution in [0.25, 0.3) is 0 Å². The molecule has 4 nitrogen and oxygen atoms in total. The minimum atomic E-state index is -0.142. The Morgan fingerprint density at radius 3 is 2.83 bits per heavy atom. The van der Waals surface area contributed by atoms with Crippen molar-refractivity contribution in [2.45, 2.75) is 45.6 Å². The standard InChI is InChI=1S/C17H24ClN3OS/c1-11-6-3-4-8-14(11)21-17(23)19-10-16(22)20-15-9-5-7-13(18)12(15)2/h5,7,9,11,14H,3-4,6,8,10H2,1-2H3,(H,20,22)(H2,19,21,23)/t11-,14-/m0/s1. The first-order valence-corrected chi connectivity index (χ1v) is 8.85. The molecule has 1 fully saturated rings. The smallest absolute Gasteiger partial charge is 0.243 e. The number of benzene rings is 1. The van der Waals surface area contributed by atoms with Gasteiger partial charge in [-0.05, 0) is 55.6 Å². The molecule has 1 aromatic carbocycles. The van der Waals surface area contributed by atoms with E-state index in [4.69, 9.17) is 23.8 Å². The van der Waals surface area contributed by atoms with Crippen LogP contribution in [0.1, 0.15) is 38.2 Å². The summed E-state index contributed by atoms with van der Waals surface area (Å²) in [6.45, 7) is 4.26. The van der Waals surface area contributed by atoms with Crippen LogP contribution in [0.3, 0.4) is 0 Å². The van der Waals surface area contributed by atoms with Crippen LogP contribution >= 0.6 is 23.8 Å². The molecule has 0 unspecified atom stereocenters. The SMILES string of the molecule is Cc1c(Cl)cccc1NC(=O)CNC(=S)N[C@H]1CCCC[C@@H]1C. The third-order valence-electron chi connectivity index (χ3n) is 4.38. The zero-order chi connectivity index (χ0) is 16.8. The van der Waals surface area contributed by atoms with Crippen molar-refractivity contribution in [3.05, 3.63) is 28.8 Å². The average Bonchev–Trinajstić information content (AvgIpc) is 2.52. The van der Waals surface area contributed by atoms with Crippen molar-refractivity contribution >= 4 is 40.5 Å². The minimum absolute atomic E-state index is 0.138. The molecule has 0 saturated heterocycles. The number of nitrogens with one attached hydrogen (secondary N) is 3. The Balaban J connectivity index is 1.77. The highest BCUT2D eigenvalue weighted by atomic mass is 35.5. The van der Waals surface area contributed by atoms with Crippen molar-refractivity contribution in [2.24, 2.45) is 5.92 Å². The average molecular weight is 354 g/mol. The van der Waals surface area contributed by atoms with Gasteiger partial charge in [-0.2, -0.15) is 0 Å². The fraction of sp³-hybridized carbons (Fsp3) is 0.529. The highest BCUT2D eigenvalue weighted by Crippen LogP contribution is 2.24. The van der Waals surface area contributed by atoms with Gasteiger partial charge in [-0.25, -0.2) is 0 Å². The molecule has 2 atom stereocenters. The number of amides is 1. The number of carbonyl (C=O) groups is 1. The third kappa shape index (κ3) is 5.36. The summed E-state index contributed by atoms with van der Waals surface area (Å²) >= 11 is 11.3. The van der Waals surface area contributed by atoms with Crippen molar-refractivity contribution in [1.29, 1.82) is 0 Å². The first-order chi connectivity index (χ1) is 11.0. The van der Waals surface area contributed by atoms with E-state index in [1.54, 1.807) is 6.07 Å². The van der Waals surface area contributed by atoms with Gasteiger partial charge in [0.05, 0.1) is 6.54 Å². The van der Waals surface area contributed by atoms with Crippen molar-refractivity contribution < 1.29 is 4.79 Å². The Kier molecular flexibility index (Phi) is 6.66. The summed E-state index contributed by atoms with van der Waals surface area (Å²) in [6, 6.07) is 5.85. The number of hydrogen-bond acceptors (Lipinski definition) is 2. The van der Waals surface area contributed by atoms with Crippen molar-refractivity contribution in [3.8, 4) is 0 Å². The van der Waals surface area contributed by atoms with E-state index in [-0.39, 0.29) is 12.5 Å². The zero-order valence-electron chi connectivity index (χ0n) is 13.6. The summed E-state index contributed by atoms with van der Waals surface area (Å²) in [4.78, 5) is 12.0. The maximum Gasteiger partial charge on any atom is 0.243 e. The van der Waals surface area contributed by atoms with E-state index in [1.165, 1.54) is 19.3 Å². The van der Waals surface area contributed by atoms with Gasteiger partial charge in [0.1, 0.15) is 0 Å². The fourth-order valence-electron chi connectivity index (χ4n) is 2.85. The van der Waals surface area contributed by atoms with Crippen molar-refractivity contribution in [3.63, 3.8) is 0 Å². The highest BCUT2D eigenvalue weighted by molar-refractivity contribution is 7.80. The number of anilines is 1. The molecule has 0 radical (unpaired) electrons. The largest absolute Gasteiger partial charge is 0.360 e. The molecule has 1 aromatic rings. The fourth-order valence-corrected chi connectivity index (χ4v) is 3.25. The second-order valence-electron chi connectivity index (χ2n) is 6.16. The van der Waals surface area contributed by atoms with Gasteiger partial charge in [0.25, 0.3) is 0 Å².